The van der Waals surface area contributed by atoms with Crippen molar-refractivity contribution in [3.8, 4) is 22.6 Å². The second kappa shape index (κ2) is 14.1. The van der Waals surface area contributed by atoms with Crippen molar-refractivity contribution >= 4 is 50.7 Å². The molecule has 0 saturated carbocycles. The monoisotopic (exact) mass is 762 g/mol. The molecule has 2 aromatic carbocycles. The average Bonchev–Trinajstić information content (AvgIpc) is 3.72. The summed E-state index contributed by atoms with van der Waals surface area (Å²) in [5, 5.41) is 5.08. The lowest BCUT2D eigenvalue weighted by Crippen LogP contribution is -2.58. The Hall–Kier alpha value is -5.35. The first-order valence-corrected chi connectivity index (χ1v) is 18.2. The third-order valence-electron chi connectivity index (χ3n) is 10.2. The Morgan fingerprint density at radius 2 is 1.76 bits per heavy atom. The summed E-state index contributed by atoms with van der Waals surface area (Å²) in [6.07, 6.45) is 1.94. The summed E-state index contributed by atoms with van der Waals surface area (Å²) in [5.41, 5.74) is 3.27. The van der Waals surface area contributed by atoms with Crippen molar-refractivity contribution in [1.29, 1.82) is 0 Å². The van der Waals surface area contributed by atoms with Crippen LogP contribution >= 0.6 is 11.3 Å². The molecule has 2 atom stereocenters. The number of amides is 4. The molecule has 1 unspecified atom stereocenters. The number of nitrogens with one attached hydrogen (secondary N) is 2. The molecule has 16 heteroatoms. The standard InChI is InChI=1S/C38H40F2N6O7S/c1-43(2)17-26-28(52-4)12-21(13-29(26)53-5)25-18-44(3)36(50)24-15-30(54-33(24)25)35(49)41-31-10-11-45(19-38(31,39)40)22-7-6-20-16-46(37(51)23(20)14-22)27-8-9-32(47)42-34(27)48/h6-7,12-15,18,27,31H,8-11,16-17,19H2,1-5H3,(H,41,49)(H,42,47,48)/t27?,31-/m0/s1. The van der Waals surface area contributed by atoms with Gasteiger partial charge in [0.1, 0.15) is 17.5 Å². The minimum absolute atomic E-state index is 0.0804. The van der Waals surface area contributed by atoms with Crippen LogP contribution in [0.3, 0.4) is 0 Å². The number of imide groups is 1. The van der Waals surface area contributed by atoms with Gasteiger partial charge in [0.25, 0.3) is 23.3 Å². The van der Waals surface area contributed by atoms with E-state index in [4.69, 9.17) is 9.47 Å². The molecule has 4 amide bonds. The molecule has 3 aliphatic heterocycles. The van der Waals surface area contributed by atoms with Gasteiger partial charge in [0.05, 0.1) is 42.6 Å². The number of rotatable bonds is 9. The molecule has 13 nitrogen and oxygen atoms in total. The highest BCUT2D eigenvalue weighted by Crippen LogP contribution is 2.40. The Balaban J connectivity index is 1.09. The fourth-order valence-electron chi connectivity index (χ4n) is 7.49. The van der Waals surface area contributed by atoms with Crippen LogP contribution in [-0.4, -0.2) is 97.4 Å². The van der Waals surface area contributed by atoms with Crippen LogP contribution < -0.4 is 30.6 Å². The first-order valence-electron chi connectivity index (χ1n) is 17.4. The zero-order valence-electron chi connectivity index (χ0n) is 30.5. The Kier molecular flexibility index (Phi) is 9.68. The number of hydrogen-bond acceptors (Lipinski definition) is 10. The maximum absolute atomic E-state index is 15.8. The van der Waals surface area contributed by atoms with Gasteiger partial charge in [-0.25, -0.2) is 8.78 Å². The summed E-state index contributed by atoms with van der Waals surface area (Å²) in [5.74, 6) is -4.18. The van der Waals surface area contributed by atoms with E-state index in [9.17, 15) is 24.0 Å². The molecule has 284 valence electrons. The van der Waals surface area contributed by atoms with Crippen molar-refractivity contribution in [2.75, 3.05) is 46.3 Å². The highest BCUT2D eigenvalue weighted by atomic mass is 32.1. The number of ether oxygens (including phenoxy) is 2. The van der Waals surface area contributed by atoms with Gasteiger partial charge in [-0.15, -0.1) is 11.3 Å². The minimum Gasteiger partial charge on any atom is -0.496 e. The summed E-state index contributed by atoms with van der Waals surface area (Å²) >= 11 is 1.05. The zero-order valence-corrected chi connectivity index (χ0v) is 31.3. The molecule has 2 aromatic heterocycles. The average molecular weight is 763 g/mol. The second-order valence-corrected chi connectivity index (χ2v) is 15.2. The molecule has 0 spiro atoms. The molecule has 2 saturated heterocycles. The van der Waals surface area contributed by atoms with Crippen molar-refractivity contribution < 1.29 is 37.4 Å². The van der Waals surface area contributed by atoms with Crippen LogP contribution in [0, 0.1) is 0 Å². The number of aromatic nitrogens is 1. The van der Waals surface area contributed by atoms with Gasteiger partial charge in [-0.05, 0) is 68.4 Å². The Labute approximate surface area is 313 Å². The summed E-state index contributed by atoms with van der Waals surface area (Å²) < 4.78 is 44.9. The van der Waals surface area contributed by atoms with Crippen LogP contribution in [-0.2, 0) is 29.7 Å². The van der Waals surface area contributed by atoms with Crippen LogP contribution in [0.5, 0.6) is 11.5 Å². The number of hydrogen-bond donors (Lipinski definition) is 2. The second-order valence-electron chi connectivity index (χ2n) is 14.1. The smallest absolute Gasteiger partial charge is 0.284 e. The quantitative estimate of drug-likeness (QED) is 0.244. The lowest BCUT2D eigenvalue weighted by atomic mass is 9.99. The van der Waals surface area contributed by atoms with E-state index >= 15 is 8.78 Å². The topological polar surface area (TPSA) is 143 Å². The van der Waals surface area contributed by atoms with Gasteiger partial charge in [0, 0.05) is 60.8 Å². The molecule has 4 aromatic rings. The summed E-state index contributed by atoms with van der Waals surface area (Å²) in [6, 6.07) is 7.82. The first-order chi connectivity index (χ1) is 25.7. The molecule has 2 N–H and O–H groups in total. The maximum atomic E-state index is 15.8. The van der Waals surface area contributed by atoms with E-state index in [0.29, 0.717) is 50.7 Å². The van der Waals surface area contributed by atoms with E-state index in [1.54, 1.807) is 45.7 Å². The molecule has 7 rings (SSSR count). The molecular formula is C38H40F2N6O7S. The van der Waals surface area contributed by atoms with Crippen LogP contribution in [0.4, 0.5) is 14.5 Å². The fourth-order valence-corrected chi connectivity index (χ4v) is 8.57. The first kappa shape index (κ1) is 37.0. The highest BCUT2D eigenvalue weighted by molar-refractivity contribution is 7.21. The van der Waals surface area contributed by atoms with E-state index in [0.717, 1.165) is 16.9 Å². The van der Waals surface area contributed by atoms with Crippen molar-refractivity contribution in [2.24, 2.45) is 7.05 Å². The van der Waals surface area contributed by atoms with Crippen LogP contribution in [0.25, 0.3) is 21.2 Å². The Morgan fingerprint density at radius 3 is 2.41 bits per heavy atom. The van der Waals surface area contributed by atoms with Gasteiger partial charge < -0.3 is 34.1 Å². The number of piperidine rings is 2. The molecule has 0 radical (unpaired) electrons. The number of aryl methyl sites for hydroxylation is 1. The van der Waals surface area contributed by atoms with E-state index in [-0.39, 0.29) is 54.1 Å². The number of nitrogens with zero attached hydrogens (tertiary/aromatic N) is 4. The van der Waals surface area contributed by atoms with Gasteiger partial charge in [0.15, 0.2) is 0 Å². The summed E-state index contributed by atoms with van der Waals surface area (Å²) in [7, 11) is 8.59. The Morgan fingerprint density at radius 1 is 1.04 bits per heavy atom. The number of methoxy groups -OCH3 is 2. The number of benzene rings is 2. The van der Waals surface area contributed by atoms with E-state index < -0.39 is 42.3 Å². The van der Waals surface area contributed by atoms with Crippen molar-refractivity contribution in [3.63, 3.8) is 0 Å². The number of carbonyl (C=O) groups is 4. The van der Waals surface area contributed by atoms with Crippen molar-refractivity contribution in [2.45, 2.75) is 50.4 Å². The Bertz CT molecular complexity index is 2240. The van der Waals surface area contributed by atoms with Crippen molar-refractivity contribution in [3.05, 3.63) is 74.5 Å². The summed E-state index contributed by atoms with van der Waals surface area (Å²) in [6.45, 7) is 0.212. The fraction of sp³-hybridized carbons (Fsp3) is 0.395. The molecule has 2 fully saturated rings. The van der Waals surface area contributed by atoms with Gasteiger partial charge in [-0.3, -0.25) is 29.3 Å². The van der Waals surface area contributed by atoms with Gasteiger partial charge in [-0.2, -0.15) is 0 Å². The summed E-state index contributed by atoms with van der Waals surface area (Å²) in [4.78, 5) is 69.2. The number of carbonyl (C=O) groups excluding carboxylic acids is 4. The normalized spacial score (nSPS) is 19.7. The third kappa shape index (κ3) is 6.68. The van der Waals surface area contributed by atoms with E-state index in [2.05, 4.69) is 10.6 Å². The highest BCUT2D eigenvalue weighted by Gasteiger charge is 2.46. The maximum Gasteiger partial charge on any atom is 0.284 e. The number of anilines is 1. The zero-order chi connectivity index (χ0) is 38.6. The largest absolute Gasteiger partial charge is 0.496 e. The van der Waals surface area contributed by atoms with E-state index in [1.807, 2.05) is 31.1 Å². The van der Waals surface area contributed by atoms with Gasteiger partial charge in [-0.1, -0.05) is 6.07 Å². The number of halogens is 2. The predicted octanol–water partition coefficient (Wildman–Crippen LogP) is 3.75. The molecular weight excluding hydrogens is 723 g/mol. The molecule has 54 heavy (non-hydrogen) atoms. The number of pyridine rings is 1. The number of alkyl halides is 2. The minimum atomic E-state index is -3.34. The van der Waals surface area contributed by atoms with Crippen molar-refractivity contribution in [1.82, 2.24) is 25.0 Å². The lowest BCUT2D eigenvalue weighted by Gasteiger charge is -2.39. The lowest BCUT2D eigenvalue weighted by molar-refractivity contribution is -0.136. The van der Waals surface area contributed by atoms with Gasteiger partial charge in [0.2, 0.25) is 11.8 Å². The van der Waals surface area contributed by atoms with Crippen LogP contribution in [0.2, 0.25) is 0 Å². The number of fused-ring (bicyclic) bond motifs is 2. The van der Waals surface area contributed by atoms with E-state index in [1.165, 1.54) is 20.4 Å². The molecule has 0 aliphatic carbocycles. The SMILES string of the molecule is COc1cc(-c2cn(C)c(=O)c3cc(C(=O)N[C@H]4CCN(c5ccc6c(c5)C(=O)N(C5CCC(=O)NC5=O)C6)CC4(F)F)sc23)cc(OC)c1CN(C)C. The van der Waals surface area contributed by atoms with Crippen LogP contribution in [0.15, 0.2) is 47.4 Å². The van der Waals surface area contributed by atoms with Crippen LogP contribution in [0.1, 0.15) is 50.4 Å². The van der Waals surface area contributed by atoms with Gasteiger partial charge >= 0.3 is 0 Å². The number of thiophene rings is 1. The molecule has 3 aliphatic rings. The predicted molar refractivity (Wildman–Crippen MR) is 199 cm³/mol. The molecule has 5 heterocycles. The molecule has 0 bridgehead atoms. The third-order valence-corrected chi connectivity index (χ3v) is 11.4.